The summed E-state index contributed by atoms with van der Waals surface area (Å²) in [5.74, 6) is 0. The van der Waals surface area contributed by atoms with Crippen LogP contribution in [0, 0.1) is 0 Å². The minimum atomic E-state index is 0.674. The Kier molecular flexibility index (Phi) is 4.90. The molecule has 0 amide bonds. The molecule has 1 aromatic carbocycles. The number of para-hydroxylation sites is 1. The van der Waals surface area contributed by atoms with Crippen molar-refractivity contribution < 1.29 is 0 Å². The first-order chi connectivity index (χ1) is 10.4. The SMILES string of the molecule is c1ccc(N2CCC(NCCCn3ccnc3)CC2)cc1. The molecular formula is C17H24N4. The molecule has 0 aliphatic carbocycles. The van der Waals surface area contributed by atoms with Crippen molar-refractivity contribution in [2.75, 3.05) is 24.5 Å². The smallest absolute Gasteiger partial charge is 0.0945 e. The van der Waals surface area contributed by atoms with Gasteiger partial charge in [-0.2, -0.15) is 0 Å². The number of nitrogens with zero attached hydrogens (tertiary/aromatic N) is 3. The van der Waals surface area contributed by atoms with Crippen LogP contribution in [0.3, 0.4) is 0 Å². The second-order valence-electron chi connectivity index (χ2n) is 5.71. The molecule has 4 heteroatoms. The zero-order valence-corrected chi connectivity index (χ0v) is 12.5. The number of hydrogen-bond donors (Lipinski definition) is 1. The van der Waals surface area contributed by atoms with E-state index in [9.17, 15) is 0 Å². The maximum atomic E-state index is 4.06. The molecule has 112 valence electrons. The molecule has 1 aliphatic heterocycles. The average molecular weight is 284 g/mol. The Morgan fingerprint density at radius 1 is 1.14 bits per heavy atom. The van der Waals surface area contributed by atoms with Gasteiger partial charge in [-0.3, -0.25) is 0 Å². The summed E-state index contributed by atoms with van der Waals surface area (Å²) in [6, 6.07) is 11.4. The summed E-state index contributed by atoms with van der Waals surface area (Å²) >= 11 is 0. The van der Waals surface area contributed by atoms with Crippen LogP contribution in [-0.2, 0) is 6.54 Å². The maximum absolute atomic E-state index is 4.06. The fourth-order valence-corrected chi connectivity index (χ4v) is 2.97. The van der Waals surface area contributed by atoms with Crippen LogP contribution >= 0.6 is 0 Å². The summed E-state index contributed by atoms with van der Waals surface area (Å²) in [6.45, 7) is 4.45. The molecule has 3 rings (SSSR count). The molecule has 0 atom stereocenters. The molecule has 1 aromatic heterocycles. The van der Waals surface area contributed by atoms with E-state index in [4.69, 9.17) is 0 Å². The van der Waals surface area contributed by atoms with Crippen LogP contribution in [0.1, 0.15) is 19.3 Å². The van der Waals surface area contributed by atoms with Gasteiger partial charge >= 0.3 is 0 Å². The first kappa shape index (κ1) is 14.1. The van der Waals surface area contributed by atoms with Crippen LogP contribution in [0.4, 0.5) is 5.69 Å². The zero-order chi connectivity index (χ0) is 14.3. The van der Waals surface area contributed by atoms with Crippen LogP contribution in [-0.4, -0.2) is 35.2 Å². The number of anilines is 1. The monoisotopic (exact) mass is 284 g/mol. The molecule has 2 heterocycles. The Hall–Kier alpha value is -1.81. The van der Waals surface area contributed by atoms with Gasteiger partial charge < -0.3 is 14.8 Å². The lowest BCUT2D eigenvalue weighted by Crippen LogP contribution is -2.42. The lowest BCUT2D eigenvalue weighted by Gasteiger charge is -2.34. The number of aryl methyl sites for hydroxylation is 1. The van der Waals surface area contributed by atoms with Gasteiger partial charge in [0.2, 0.25) is 0 Å². The molecule has 0 bridgehead atoms. The van der Waals surface area contributed by atoms with Gasteiger partial charge in [0.25, 0.3) is 0 Å². The predicted octanol–water partition coefficient (Wildman–Crippen LogP) is 2.53. The number of benzene rings is 1. The van der Waals surface area contributed by atoms with Crippen molar-refractivity contribution in [2.45, 2.75) is 31.8 Å². The third-order valence-electron chi connectivity index (χ3n) is 4.20. The van der Waals surface area contributed by atoms with Crippen molar-refractivity contribution in [3.05, 3.63) is 49.1 Å². The molecular weight excluding hydrogens is 260 g/mol. The van der Waals surface area contributed by atoms with Crippen LogP contribution in [0.5, 0.6) is 0 Å². The molecule has 0 radical (unpaired) electrons. The molecule has 0 unspecified atom stereocenters. The normalized spacial score (nSPS) is 16.3. The van der Waals surface area contributed by atoms with E-state index >= 15 is 0 Å². The Balaban J connectivity index is 1.34. The van der Waals surface area contributed by atoms with Crippen molar-refractivity contribution in [1.82, 2.24) is 14.9 Å². The fourth-order valence-electron chi connectivity index (χ4n) is 2.97. The molecule has 4 nitrogen and oxygen atoms in total. The quantitative estimate of drug-likeness (QED) is 0.828. The zero-order valence-electron chi connectivity index (χ0n) is 12.5. The maximum Gasteiger partial charge on any atom is 0.0945 e. The predicted molar refractivity (Wildman–Crippen MR) is 86.5 cm³/mol. The first-order valence-electron chi connectivity index (χ1n) is 7.91. The molecule has 1 N–H and O–H groups in total. The second-order valence-corrected chi connectivity index (χ2v) is 5.71. The van der Waals surface area contributed by atoms with E-state index in [-0.39, 0.29) is 0 Å². The third-order valence-corrected chi connectivity index (χ3v) is 4.20. The number of nitrogens with one attached hydrogen (secondary N) is 1. The van der Waals surface area contributed by atoms with E-state index in [0.29, 0.717) is 6.04 Å². The molecule has 21 heavy (non-hydrogen) atoms. The van der Waals surface area contributed by atoms with Gasteiger partial charge in [0.05, 0.1) is 6.33 Å². The van der Waals surface area contributed by atoms with E-state index < -0.39 is 0 Å². The Labute approximate surface area is 126 Å². The van der Waals surface area contributed by atoms with E-state index in [0.717, 1.165) is 32.6 Å². The van der Waals surface area contributed by atoms with Crippen LogP contribution in [0.15, 0.2) is 49.1 Å². The van der Waals surface area contributed by atoms with E-state index in [1.165, 1.54) is 18.5 Å². The summed E-state index contributed by atoms with van der Waals surface area (Å²) in [4.78, 5) is 6.55. The van der Waals surface area contributed by atoms with Gasteiger partial charge in [0.1, 0.15) is 0 Å². The van der Waals surface area contributed by atoms with Crippen molar-refractivity contribution in [2.24, 2.45) is 0 Å². The van der Waals surface area contributed by atoms with Crippen molar-refractivity contribution in [3.8, 4) is 0 Å². The lowest BCUT2D eigenvalue weighted by atomic mass is 10.0. The molecule has 2 aromatic rings. The van der Waals surface area contributed by atoms with E-state index in [1.54, 1.807) is 0 Å². The highest BCUT2D eigenvalue weighted by Crippen LogP contribution is 2.19. The molecule has 0 spiro atoms. The van der Waals surface area contributed by atoms with E-state index in [1.807, 2.05) is 18.7 Å². The summed E-state index contributed by atoms with van der Waals surface area (Å²) in [6.07, 6.45) is 9.39. The first-order valence-corrected chi connectivity index (χ1v) is 7.91. The summed E-state index contributed by atoms with van der Waals surface area (Å²) in [7, 11) is 0. The highest BCUT2D eigenvalue weighted by molar-refractivity contribution is 5.46. The van der Waals surface area contributed by atoms with Crippen LogP contribution in [0.25, 0.3) is 0 Å². The second kappa shape index (κ2) is 7.27. The van der Waals surface area contributed by atoms with Gasteiger partial charge in [0, 0.05) is 43.8 Å². The highest BCUT2D eigenvalue weighted by atomic mass is 15.1. The Bertz CT molecular complexity index is 501. The third kappa shape index (κ3) is 4.08. The Morgan fingerprint density at radius 2 is 1.95 bits per heavy atom. The van der Waals surface area contributed by atoms with Crippen molar-refractivity contribution >= 4 is 5.69 Å². The largest absolute Gasteiger partial charge is 0.371 e. The number of imidazole rings is 1. The minimum Gasteiger partial charge on any atom is -0.371 e. The molecule has 1 saturated heterocycles. The van der Waals surface area contributed by atoms with Crippen molar-refractivity contribution in [3.63, 3.8) is 0 Å². The topological polar surface area (TPSA) is 33.1 Å². The number of rotatable bonds is 6. The summed E-state index contributed by atoms with van der Waals surface area (Å²) in [5, 5.41) is 3.70. The summed E-state index contributed by atoms with van der Waals surface area (Å²) in [5.41, 5.74) is 1.36. The van der Waals surface area contributed by atoms with Crippen molar-refractivity contribution in [1.29, 1.82) is 0 Å². The molecule has 1 fully saturated rings. The van der Waals surface area contributed by atoms with Gasteiger partial charge in [-0.25, -0.2) is 4.98 Å². The number of aromatic nitrogens is 2. The average Bonchev–Trinajstić information content (AvgIpc) is 3.06. The number of piperidine rings is 1. The minimum absolute atomic E-state index is 0.674. The standard InChI is InChI=1S/C17H24N4/c1-2-5-17(6-3-1)21-12-7-16(8-13-21)19-9-4-11-20-14-10-18-15-20/h1-3,5-6,10,14-16,19H,4,7-9,11-13H2. The van der Waals surface area contributed by atoms with Gasteiger partial charge in [0.15, 0.2) is 0 Å². The summed E-state index contributed by atoms with van der Waals surface area (Å²) < 4.78 is 2.14. The van der Waals surface area contributed by atoms with E-state index in [2.05, 4.69) is 50.1 Å². The lowest BCUT2D eigenvalue weighted by molar-refractivity contribution is 0.407. The van der Waals surface area contributed by atoms with Gasteiger partial charge in [-0.15, -0.1) is 0 Å². The molecule has 1 aliphatic rings. The molecule has 0 saturated carbocycles. The van der Waals surface area contributed by atoms with Gasteiger partial charge in [-0.1, -0.05) is 18.2 Å². The number of hydrogen-bond acceptors (Lipinski definition) is 3. The highest BCUT2D eigenvalue weighted by Gasteiger charge is 2.18. The van der Waals surface area contributed by atoms with Crippen LogP contribution in [0.2, 0.25) is 0 Å². The fraction of sp³-hybridized carbons (Fsp3) is 0.471. The van der Waals surface area contributed by atoms with Gasteiger partial charge in [-0.05, 0) is 37.9 Å². The Morgan fingerprint density at radius 3 is 2.67 bits per heavy atom. The van der Waals surface area contributed by atoms with Crippen LogP contribution < -0.4 is 10.2 Å².